The summed E-state index contributed by atoms with van der Waals surface area (Å²) in [6, 6.07) is 12.8. The van der Waals surface area contributed by atoms with E-state index < -0.39 is 23.5 Å². The van der Waals surface area contributed by atoms with E-state index in [1.165, 1.54) is 12.1 Å². The molecule has 0 saturated carbocycles. The van der Waals surface area contributed by atoms with Gasteiger partial charge in [0.25, 0.3) is 0 Å². The molecule has 0 spiro atoms. The number of aliphatic hydroxyl groups excluding tert-OH is 1. The van der Waals surface area contributed by atoms with E-state index in [2.05, 4.69) is 9.97 Å². The zero-order valence-electron chi connectivity index (χ0n) is 18.5. The Morgan fingerprint density at radius 1 is 0.703 bits per heavy atom. The van der Waals surface area contributed by atoms with Crippen LogP contribution in [0.1, 0.15) is 16.7 Å². The minimum Gasteiger partial charge on any atom is -0.457 e. The van der Waals surface area contributed by atoms with Crippen molar-refractivity contribution in [3.05, 3.63) is 106 Å². The van der Waals surface area contributed by atoms with E-state index in [-0.39, 0.29) is 18.1 Å². The highest BCUT2D eigenvalue weighted by molar-refractivity contribution is 6.36. The number of ether oxygens (including phenoxy) is 1. The molecule has 0 unspecified atom stereocenters. The molecular weight excluding hydrogens is 545 g/mol. The first kappa shape index (κ1) is 28.2. The standard InChI is InChI=1S/C14H8F6O.C11H8Cl2N2O/c15-13(16,17)9-3-1-5-11(7-9)21-12-6-2-4-10(8-12)14(18,19)20;12-9-5-10(13)8(4-7(9)6-16)11-14-2-1-3-15-11/h1-8H;1-5,16H,6H2. The van der Waals surface area contributed by atoms with E-state index in [0.717, 1.165) is 36.4 Å². The number of aromatic nitrogens is 2. The van der Waals surface area contributed by atoms with E-state index >= 15 is 0 Å². The Morgan fingerprint density at radius 3 is 1.68 bits per heavy atom. The number of halogens is 8. The first-order chi connectivity index (χ1) is 17.4. The fourth-order valence-corrected chi connectivity index (χ4v) is 3.46. The van der Waals surface area contributed by atoms with E-state index in [4.69, 9.17) is 33.0 Å². The summed E-state index contributed by atoms with van der Waals surface area (Å²) in [6.45, 7) is -0.143. The van der Waals surface area contributed by atoms with Crippen LogP contribution in [0.2, 0.25) is 10.0 Å². The lowest BCUT2D eigenvalue weighted by atomic mass is 10.1. The van der Waals surface area contributed by atoms with Crippen LogP contribution in [0, 0.1) is 0 Å². The van der Waals surface area contributed by atoms with Crippen LogP contribution in [-0.2, 0) is 19.0 Å². The molecule has 12 heteroatoms. The number of rotatable bonds is 4. The van der Waals surface area contributed by atoms with Crippen molar-refractivity contribution in [1.29, 1.82) is 0 Å². The molecule has 4 nitrogen and oxygen atoms in total. The van der Waals surface area contributed by atoms with Gasteiger partial charge in [0, 0.05) is 23.0 Å². The van der Waals surface area contributed by atoms with Crippen LogP contribution in [-0.4, -0.2) is 15.1 Å². The molecule has 1 N–H and O–H groups in total. The summed E-state index contributed by atoms with van der Waals surface area (Å²) in [4.78, 5) is 8.19. The number of hydrogen-bond acceptors (Lipinski definition) is 4. The van der Waals surface area contributed by atoms with Crippen molar-refractivity contribution in [2.75, 3.05) is 0 Å². The van der Waals surface area contributed by atoms with Gasteiger partial charge < -0.3 is 9.84 Å². The number of hydrogen-bond donors (Lipinski definition) is 1. The Balaban J connectivity index is 0.000000213. The number of nitrogens with zero attached hydrogens (tertiary/aromatic N) is 2. The minimum atomic E-state index is -4.55. The molecule has 3 aromatic carbocycles. The summed E-state index contributed by atoms with van der Waals surface area (Å²) in [5.41, 5.74) is -0.608. The molecule has 0 fully saturated rings. The zero-order chi connectivity index (χ0) is 27.2. The van der Waals surface area contributed by atoms with Crippen LogP contribution in [0.4, 0.5) is 26.3 Å². The summed E-state index contributed by atoms with van der Waals surface area (Å²) >= 11 is 12.0. The van der Waals surface area contributed by atoms with Crippen LogP contribution >= 0.6 is 23.2 Å². The van der Waals surface area contributed by atoms with Gasteiger partial charge in [-0.05, 0) is 60.2 Å². The maximum Gasteiger partial charge on any atom is 0.416 e. The summed E-state index contributed by atoms with van der Waals surface area (Å²) in [6.07, 6.45) is -5.84. The van der Waals surface area contributed by atoms with Crippen molar-refractivity contribution in [2.45, 2.75) is 19.0 Å². The molecule has 0 saturated heterocycles. The fourth-order valence-electron chi connectivity index (χ4n) is 2.93. The first-order valence-electron chi connectivity index (χ1n) is 10.3. The van der Waals surface area contributed by atoms with Gasteiger partial charge in [0.05, 0.1) is 22.8 Å². The Hall–Kier alpha value is -3.34. The molecule has 0 aliphatic rings. The maximum atomic E-state index is 12.5. The quantitative estimate of drug-likeness (QED) is 0.254. The van der Waals surface area contributed by atoms with Crippen LogP contribution in [0.5, 0.6) is 11.5 Å². The average molecular weight is 561 g/mol. The van der Waals surface area contributed by atoms with Crippen molar-refractivity contribution in [3.8, 4) is 22.9 Å². The molecule has 0 amide bonds. The van der Waals surface area contributed by atoms with Crippen molar-refractivity contribution in [1.82, 2.24) is 9.97 Å². The predicted octanol–water partition coefficient (Wildman–Crippen LogP) is 8.46. The van der Waals surface area contributed by atoms with Gasteiger partial charge in [-0.15, -0.1) is 0 Å². The summed E-state index contributed by atoms with van der Waals surface area (Å²) in [5.74, 6) is 0.132. The molecule has 4 aromatic rings. The molecule has 0 bridgehead atoms. The lowest BCUT2D eigenvalue weighted by Gasteiger charge is -2.11. The highest BCUT2D eigenvalue weighted by Crippen LogP contribution is 2.35. The van der Waals surface area contributed by atoms with Gasteiger partial charge in [-0.2, -0.15) is 26.3 Å². The van der Waals surface area contributed by atoms with Gasteiger partial charge in [-0.1, -0.05) is 35.3 Å². The van der Waals surface area contributed by atoms with E-state index in [1.807, 2.05) is 0 Å². The second-order valence-corrected chi connectivity index (χ2v) is 8.12. The van der Waals surface area contributed by atoms with E-state index in [0.29, 0.717) is 27.0 Å². The number of alkyl halides is 6. The smallest absolute Gasteiger partial charge is 0.416 e. The van der Waals surface area contributed by atoms with Crippen LogP contribution < -0.4 is 4.74 Å². The normalized spacial score (nSPS) is 11.5. The molecule has 0 radical (unpaired) electrons. The lowest BCUT2D eigenvalue weighted by Crippen LogP contribution is -2.05. The van der Waals surface area contributed by atoms with E-state index in [9.17, 15) is 26.3 Å². The molecule has 0 aliphatic heterocycles. The lowest BCUT2D eigenvalue weighted by molar-refractivity contribution is -0.138. The van der Waals surface area contributed by atoms with Gasteiger partial charge in [0.1, 0.15) is 11.5 Å². The Bertz CT molecular complexity index is 1290. The highest BCUT2D eigenvalue weighted by atomic mass is 35.5. The molecule has 37 heavy (non-hydrogen) atoms. The van der Waals surface area contributed by atoms with Gasteiger partial charge in [0.2, 0.25) is 0 Å². The van der Waals surface area contributed by atoms with E-state index in [1.54, 1.807) is 30.6 Å². The zero-order valence-corrected chi connectivity index (χ0v) is 20.0. The van der Waals surface area contributed by atoms with Gasteiger partial charge >= 0.3 is 12.4 Å². The number of aliphatic hydroxyl groups is 1. The van der Waals surface area contributed by atoms with Crippen molar-refractivity contribution in [3.63, 3.8) is 0 Å². The average Bonchev–Trinajstić information content (AvgIpc) is 2.84. The van der Waals surface area contributed by atoms with Crippen LogP contribution in [0.25, 0.3) is 11.4 Å². The van der Waals surface area contributed by atoms with Gasteiger partial charge in [0.15, 0.2) is 5.82 Å². The summed E-state index contributed by atoms with van der Waals surface area (Å²) < 4.78 is 80.2. The monoisotopic (exact) mass is 560 g/mol. The predicted molar refractivity (Wildman–Crippen MR) is 126 cm³/mol. The Morgan fingerprint density at radius 2 is 1.22 bits per heavy atom. The Labute approximate surface area is 217 Å². The number of benzene rings is 3. The van der Waals surface area contributed by atoms with Gasteiger partial charge in [-0.25, -0.2) is 9.97 Å². The Kier molecular flexibility index (Phi) is 9.01. The van der Waals surface area contributed by atoms with Crippen molar-refractivity contribution in [2.24, 2.45) is 0 Å². The van der Waals surface area contributed by atoms with Crippen LogP contribution in [0.15, 0.2) is 79.1 Å². The van der Waals surface area contributed by atoms with Crippen molar-refractivity contribution >= 4 is 23.2 Å². The second kappa shape index (κ2) is 11.8. The third-order valence-electron chi connectivity index (χ3n) is 4.67. The second-order valence-electron chi connectivity index (χ2n) is 7.31. The third kappa shape index (κ3) is 7.82. The fraction of sp³-hybridized carbons (Fsp3) is 0.120. The minimum absolute atomic E-state index is 0.143. The molecule has 1 heterocycles. The highest BCUT2D eigenvalue weighted by Gasteiger charge is 2.32. The van der Waals surface area contributed by atoms with Crippen LogP contribution in [0.3, 0.4) is 0 Å². The maximum absolute atomic E-state index is 12.5. The summed E-state index contributed by atoms with van der Waals surface area (Å²) in [7, 11) is 0. The molecular formula is C25H16Cl2F6N2O2. The molecule has 4 rings (SSSR count). The van der Waals surface area contributed by atoms with Gasteiger partial charge in [-0.3, -0.25) is 0 Å². The molecule has 0 aliphatic carbocycles. The molecule has 0 atom stereocenters. The molecule has 194 valence electrons. The first-order valence-corrected chi connectivity index (χ1v) is 11.0. The third-order valence-corrected chi connectivity index (χ3v) is 5.34. The molecule has 1 aromatic heterocycles. The summed E-state index contributed by atoms with van der Waals surface area (Å²) in [5, 5.41) is 10.0. The topological polar surface area (TPSA) is 55.2 Å². The largest absolute Gasteiger partial charge is 0.457 e. The SMILES string of the molecule is FC(F)(F)c1cccc(Oc2cccc(C(F)(F)F)c2)c1.OCc1cc(-c2ncccn2)c(Cl)cc1Cl. The van der Waals surface area contributed by atoms with Crippen molar-refractivity contribution < 1.29 is 36.2 Å².